The number of nitrogens with zero attached hydrogens (tertiary/aromatic N) is 3. The normalized spacial score (nSPS) is 19.9. The molecular weight excluding hydrogens is 442 g/mol. The second-order valence-electron chi connectivity index (χ2n) is 8.79. The molecule has 11 heteroatoms. The number of piperidine rings is 1. The molecule has 2 atom stereocenters. The molecule has 0 radical (unpaired) electrons. The summed E-state index contributed by atoms with van der Waals surface area (Å²) < 4.78 is 0. The van der Waals surface area contributed by atoms with Crippen molar-refractivity contribution in [1.82, 2.24) is 20.5 Å². The van der Waals surface area contributed by atoms with Crippen molar-refractivity contribution in [2.24, 2.45) is 28.3 Å². The third-order valence-electron chi connectivity index (χ3n) is 6.37. The van der Waals surface area contributed by atoms with Crippen LogP contribution in [0, 0.1) is 11.8 Å². The van der Waals surface area contributed by atoms with Gasteiger partial charge < -0.3 is 27.0 Å². The molecule has 182 valence electrons. The zero-order chi connectivity index (χ0) is 23.6. The molecule has 0 bridgehead atoms. The minimum atomic E-state index is -0.730. The number of Topliss-reactive ketones (excluding diaryl/α,β-unsaturated/α-hetero) is 1. The SMILES string of the molecule is NC(N)=NCCC[C@H](NC(=O)CN1CCC(CCC2CCNCC2)C1=O)C(=O)c1nccs1. The van der Waals surface area contributed by atoms with Crippen LogP contribution in [-0.4, -0.2) is 72.2 Å². The van der Waals surface area contributed by atoms with Gasteiger partial charge in [-0.05, 0) is 64.0 Å². The number of rotatable bonds is 12. The molecule has 2 saturated heterocycles. The van der Waals surface area contributed by atoms with Gasteiger partial charge in [0.25, 0.3) is 0 Å². The summed E-state index contributed by atoms with van der Waals surface area (Å²) in [5.41, 5.74) is 10.7. The summed E-state index contributed by atoms with van der Waals surface area (Å²) in [6.45, 7) is 3.03. The second kappa shape index (κ2) is 12.6. The maximum absolute atomic E-state index is 12.8. The van der Waals surface area contributed by atoms with E-state index in [2.05, 4.69) is 20.6 Å². The Hall–Kier alpha value is -2.53. The smallest absolute Gasteiger partial charge is 0.240 e. The molecular formula is C22H35N7O3S. The number of guanidine groups is 1. The van der Waals surface area contributed by atoms with Crippen molar-refractivity contribution in [2.45, 2.75) is 51.0 Å². The number of nitrogens with one attached hydrogen (secondary N) is 2. The lowest BCUT2D eigenvalue weighted by Crippen LogP contribution is -2.46. The quantitative estimate of drug-likeness (QED) is 0.148. The highest BCUT2D eigenvalue weighted by molar-refractivity contribution is 7.11. The van der Waals surface area contributed by atoms with Crippen LogP contribution in [-0.2, 0) is 9.59 Å². The van der Waals surface area contributed by atoms with Gasteiger partial charge in [0.05, 0.1) is 12.6 Å². The highest BCUT2D eigenvalue weighted by atomic mass is 32.1. The third kappa shape index (κ3) is 7.78. The summed E-state index contributed by atoms with van der Waals surface area (Å²) in [6, 6.07) is -0.730. The molecule has 2 aliphatic rings. The van der Waals surface area contributed by atoms with Crippen molar-refractivity contribution >= 4 is 34.9 Å². The van der Waals surface area contributed by atoms with E-state index in [1.165, 1.54) is 24.2 Å². The van der Waals surface area contributed by atoms with E-state index in [1.54, 1.807) is 16.5 Å². The van der Waals surface area contributed by atoms with Gasteiger partial charge in [0.15, 0.2) is 11.0 Å². The summed E-state index contributed by atoms with van der Waals surface area (Å²) in [6.07, 6.45) is 7.56. The summed E-state index contributed by atoms with van der Waals surface area (Å²) in [7, 11) is 0. The van der Waals surface area contributed by atoms with E-state index in [0.29, 0.717) is 36.9 Å². The van der Waals surface area contributed by atoms with Gasteiger partial charge in [-0.1, -0.05) is 0 Å². The average Bonchev–Trinajstić information content (AvgIpc) is 3.45. The number of hydrogen-bond acceptors (Lipinski definition) is 7. The largest absolute Gasteiger partial charge is 0.370 e. The lowest BCUT2D eigenvalue weighted by Gasteiger charge is -2.23. The first-order valence-electron chi connectivity index (χ1n) is 11.7. The van der Waals surface area contributed by atoms with E-state index >= 15 is 0 Å². The van der Waals surface area contributed by atoms with Crippen LogP contribution in [0.3, 0.4) is 0 Å². The van der Waals surface area contributed by atoms with Crippen molar-refractivity contribution in [3.8, 4) is 0 Å². The van der Waals surface area contributed by atoms with Gasteiger partial charge in [-0.15, -0.1) is 11.3 Å². The molecule has 3 heterocycles. The number of thiazole rings is 1. The van der Waals surface area contributed by atoms with Crippen LogP contribution in [0.25, 0.3) is 0 Å². The predicted molar refractivity (Wildman–Crippen MR) is 128 cm³/mol. The summed E-state index contributed by atoms with van der Waals surface area (Å²) >= 11 is 1.23. The number of hydrogen-bond donors (Lipinski definition) is 4. The van der Waals surface area contributed by atoms with Gasteiger partial charge in [-0.25, -0.2) is 4.98 Å². The molecule has 0 aromatic carbocycles. The number of aliphatic imine (C=N–C) groups is 1. The third-order valence-corrected chi connectivity index (χ3v) is 7.15. The van der Waals surface area contributed by atoms with E-state index in [1.807, 2.05) is 0 Å². The Bertz CT molecular complexity index is 820. The maximum Gasteiger partial charge on any atom is 0.240 e. The van der Waals surface area contributed by atoms with Crippen LogP contribution in [0.5, 0.6) is 0 Å². The summed E-state index contributed by atoms with van der Waals surface area (Å²) in [4.78, 5) is 48.0. The molecule has 0 saturated carbocycles. The van der Waals surface area contributed by atoms with Crippen LogP contribution in [0.2, 0.25) is 0 Å². The molecule has 2 amide bonds. The molecule has 1 unspecified atom stereocenters. The minimum absolute atomic E-state index is 0.0000151. The fraction of sp³-hybridized carbons (Fsp3) is 0.682. The van der Waals surface area contributed by atoms with E-state index < -0.39 is 6.04 Å². The van der Waals surface area contributed by atoms with Crippen LogP contribution >= 0.6 is 11.3 Å². The van der Waals surface area contributed by atoms with E-state index in [9.17, 15) is 14.4 Å². The fourth-order valence-electron chi connectivity index (χ4n) is 4.52. The molecule has 0 aliphatic carbocycles. The molecule has 3 rings (SSSR count). The van der Waals surface area contributed by atoms with Gasteiger partial charge in [-0.3, -0.25) is 19.4 Å². The fourth-order valence-corrected chi connectivity index (χ4v) is 5.15. The van der Waals surface area contributed by atoms with Gasteiger partial charge >= 0.3 is 0 Å². The van der Waals surface area contributed by atoms with Crippen molar-refractivity contribution in [3.63, 3.8) is 0 Å². The van der Waals surface area contributed by atoms with Crippen LogP contribution < -0.4 is 22.1 Å². The van der Waals surface area contributed by atoms with E-state index in [4.69, 9.17) is 11.5 Å². The minimum Gasteiger partial charge on any atom is -0.370 e. The van der Waals surface area contributed by atoms with Crippen molar-refractivity contribution in [2.75, 3.05) is 32.7 Å². The van der Waals surface area contributed by atoms with Crippen molar-refractivity contribution in [1.29, 1.82) is 0 Å². The first-order valence-corrected chi connectivity index (χ1v) is 12.6. The molecule has 2 fully saturated rings. The van der Waals surface area contributed by atoms with Crippen LogP contribution in [0.4, 0.5) is 0 Å². The lowest BCUT2D eigenvalue weighted by atomic mass is 9.89. The number of nitrogens with two attached hydrogens (primary N) is 2. The standard InChI is InChI=1S/C22H35N7O3S/c23-22(24)27-8-1-2-17(19(31)20-26-11-13-33-20)28-18(30)14-29-12-7-16(21(29)32)4-3-15-5-9-25-10-6-15/h11,13,15-17,25H,1-10,12,14H2,(H,28,30)(H4,23,24,27)/t16?,17-/m0/s1. The van der Waals surface area contributed by atoms with E-state index in [-0.39, 0.29) is 36.0 Å². The number of amides is 2. The number of carbonyl (C=O) groups is 3. The number of ketones is 1. The maximum atomic E-state index is 12.8. The van der Waals surface area contributed by atoms with Crippen LogP contribution in [0.1, 0.15) is 54.7 Å². The number of carbonyl (C=O) groups excluding carboxylic acids is 3. The van der Waals surface area contributed by atoms with Gasteiger partial charge in [-0.2, -0.15) is 0 Å². The van der Waals surface area contributed by atoms with Gasteiger partial charge in [0.2, 0.25) is 17.6 Å². The zero-order valence-electron chi connectivity index (χ0n) is 19.0. The highest BCUT2D eigenvalue weighted by Crippen LogP contribution is 2.27. The molecule has 6 N–H and O–H groups in total. The Labute approximate surface area is 198 Å². The second-order valence-corrected chi connectivity index (χ2v) is 9.68. The van der Waals surface area contributed by atoms with Crippen molar-refractivity contribution in [3.05, 3.63) is 16.6 Å². The van der Waals surface area contributed by atoms with Crippen LogP contribution in [0.15, 0.2) is 16.6 Å². The molecule has 2 aliphatic heterocycles. The molecule has 1 aromatic rings. The first kappa shape index (κ1) is 25.1. The average molecular weight is 478 g/mol. The highest BCUT2D eigenvalue weighted by Gasteiger charge is 2.33. The Balaban J connectivity index is 1.49. The monoisotopic (exact) mass is 477 g/mol. The first-order chi connectivity index (χ1) is 15.9. The predicted octanol–water partition coefficient (Wildman–Crippen LogP) is 0.493. The van der Waals surface area contributed by atoms with Crippen molar-refractivity contribution < 1.29 is 14.4 Å². The van der Waals surface area contributed by atoms with E-state index in [0.717, 1.165) is 32.4 Å². The molecule has 33 heavy (non-hydrogen) atoms. The number of aromatic nitrogens is 1. The Kier molecular flexibility index (Phi) is 9.61. The zero-order valence-corrected chi connectivity index (χ0v) is 19.8. The molecule has 0 spiro atoms. The Morgan fingerprint density at radius 1 is 1.27 bits per heavy atom. The molecule has 10 nitrogen and oxygen atoms in total. The van der Waals surface area contributed by atoms with Gasteiger partial charge in [0.1, 0.15) is 0 Å². The van der Waals surface area contributed by atoms with Gasteiger partial charge in [0, 0.05) is 30.6 Å². The number of likely N-dealkylation sites (tertiary alicyclic amines) is 1. The summed E-state index contributed by atoms with van der Waals surface area (Å²) in [5, 5.41) is 8.24. The molecule has 1 aromatic heterocycles. The lowest BCUT2D eigenvalue weighted by molar-refractivity contribution is -0.135. The Morgan fingerprint density at radius 3 is 2.76 bits per heavy atom. The Morgan fingerprint density at radius 2 is 2.06 bits per heavy atom. The topological polar surface area (TPSA) is 156 Å². The summed E-state index contributed by atoms with van der Waals surface area (Å²) in [5.74, 6) is 0.154.